The molecule has 0 saturated carbocycles. The van der Waals surface area contributed by atoms with Gasteiger partial charge < -0.3 is 14.5 Å². The lowest BCUT2D eigenvalue weighted by molar-refractivity contribution is -0.133. The third-order valence-corrected chi connectivity index (χ3v) is 7.65. The highest BCUT2D eigenvalue weighted by Gasteiger charge is 2.33. The number of ether oxygens (including phenoxy) is 1. The minimum Gasteiger partial charge on any atom is -0.484 e. The van der Waals surface area contributed by atoms with E-state index in [9.17, 15) is 9.59 Å². The van der Waals surface area contributed by atoms with E-state index >= 15 is 0 Å². The van der Waals surface area contributed by atoms with E-state index in [0.29, 0.717) is 17.9 Å². The molecule has 0 radical (unpaired) electrons. The lowest BCUT2D eigenvalue weighted by Crippen LogP contribution is -2.41. The zero-order chi connectivity index (χ0) is 24.2. The predicted molar refractivity (Wildman–Crippen MR) is 140 cm³/mol. The molecule has 1 saturated heterocycles. The van der Waals surface area contributed by atoms with Crippen LogP contribution in [-0.4, -0.2) is 59.4 Å². The summed E-state index contributed by atoms with van der Waals surface area (Å²) >= 11 is 1.88. The lowest BCUT2D eigenvalue weighted by Gasteiger charge is -2.38. The molecule has 2 aliphatic heterocycles. The van der Waals surface area contributed by atoms with Gasteiger partial charge >= 0.3 is 0 Å². The van der Waals surface area contributed by atoms with E-state index in [1.165, 1.54) is 5.56 Å². The summed E-state index contributed by atoms with van der Waals surface area (Å²) in [6.07, 6.45) is 0.779. The second kappa shape index (κ2) is 10.6. The molecule has 3 aromatic carbocycles. The summed E-state index contributed by atoms with van der Waals surface area (Å²) in [6.45, 7) is 4.31. The van der Waals surface area contributed by atoms with Gasteiger partial charge in [0.05, 0.1) is 6.04 Å². The van der Waals surface area contributed by atoms with Gasteiger partial charge in [0.25, 0.3) is 11.8 Å². The average Bonchev–Trinajstić information content (AvgIpc) is 2.91. The minimum absolute atomic E-state index is 0.0206. The summed E-state index contributed by atoms with van der Waals surface area (Å²) in [5.41, 5.74) is 5.19. The number of thioether (sulfide) groups is 1. The molecule has 0 aliphatic carbocycles. The monoisotopic (exact) mass is 486 g/mol. The van der Waals surface area contributed by atoms with Crippen LogP contribution in [0.25, 0.3) is 0 Å². The molecule has 0 unspecified atom stereocenters. The van der Waals surface area contributed by atoms with Crippen LogP contribution < -0.4 is 4.74 Å². The van der Waals surface area contributed by atoms with E-state index < -0.39 is 0 Å². The summed E-state index contributed by atoms with van der Waals surface area (Å²) in [5, 5.41) is 0. The number of amides is 2. The Kier molecular flexibility index (Phi) is 7.09. The fraction of sp³-hybridized carbons (Fsp3) is 0.310. The highest BCUT2D eigenvalue weighted by atomic mass is 32.2. The van der Waals surface area contributed by atoms with E-state index in [-0.39, 0.29) is 24.5 Å². The molecule has 2 aliphatic rings. The fourth-order valence-electron chi connectivity index (χ4n) is 4.90. The molecule has 35 heavy (non-hydrogen) atoms. The molecule has 0 bridgehead atoms. The van der Waals surface area contributed by atoms with Crippen LogP contribution in [0, 0.1) is 6.92 Å². The number of benzene rings is 3. The Morgan fingerprint density at radius 3 is 2.51 bits per heavy atom. The molecule has 2 amide bonds. The number of aryl methyl sites for hydroxylation is 1. The van der Waals surface area contributed by atoms with Gasteiger partial charge in [0.15, 0.2) is 6.61 Å². The van der Waals surface area contributed by atoms with E-state index in [4.69, 9.17) is 4.74 Å². The van der Waals surface area contributed by atoms with Crippen LogP contribution >= 0.6 is 11.8 Å². The van der Waals surface area contributed by atoms with Gasteiger partial charge in [0.1, 0.15) is 5.75 Å². The molecule has 1 fully saturated rings. The summed E-state index contributed by atoms with van der Waals surface area (Å²) in [6, 6.07) is 23.6. The van der Waals surface area contributed by atoms with Crippen molar-refractivity contribution in [1.82, 2.24) is 9.80 Å². The van der Waals surface area contributed by atoms with Gasteiger partial charge in [-0.25, -0.2) is 0 Å². The number of rotatable bonds is 5. The molecular formula is C29H30N2O3S. The molecule has 1 atom stereocenters. The Morgan fingerprint density at radius 1 is 0.943 bits per heavy atom. The normalized spacial score (nSPS) is 17.6. The van der Waals surface area contributed by atoms with Crippen LogP contribution in [0.5, 0.6) is 5.75 Å². The molecule has 5 nitrogen and oxygen atoms in total. The van der Waals surface area contributed by atoms with Crippen molar-refractivity contribution < 1.29 is 14.3 Å². The number of carbonyl (C=O) groups is 2. The van der Waals surface area contributed by atoms with E-state index in [0.717, 1.165) is 47.7 Å². The molecule has 3 aromatic rings. The number of carbonyl (C=O) groups excluding carboxylic acids is 2. The topological polar surface area (TPSA) is 49.9 Å². The van der Waals surface area contributed by atoms with Crippen LogP contribution in [0.4, 0.5) is 0 Å². The molecule has 2 heterocycles. The van der Waals surface area contributed by atoms with Crippen molar-refractivity contribution in [3.8, 4) is 5.75 Å². The maximum absolute atomic E-state index is 13.6. The van der Waals surface area contributed by atoms with Crippen molar-refractivity contribution in [1.29, 1.82) is 0 Å². The molecule has 180 valence electrons. The molecule has 0 spiro atoms. The first kappa shape index (κ1) is 23.5. The van der Waals surface area contributed by atoms with Crippen LogP contribution in [0.3, 0.4) is 0 Å². The molecule has 0 N–H and O–H groups in total. The fourth-order valence-corrected chi connectivity index (χ4v) is 5.80. The molecular weight excluding hydrogens is 456 g/mol. The quantitative estimate of drug-likeness (QED) is 0.523. The van der Waals surface area contributed by atoms with Crippen LogP contribution in [0.2, 0.25) is 0 Å². The third-order valence-electron chi connectivity index (χ3n) is 6.71. The van der Waals surface area contributed by atoms with Crippen molar-refractivity contribution in [2.24, 2.45) is 0 Å². The maximum Gasteiger partial charge on any atom is 0.260 e. The van der Waals surface area contributed by atoms with Crippen molar-refractivity contribution in [3.05, 3.63) is 101 Å². The summed E-state index contributed by atoms with van der Waals surface area (Å²) in [5.74, 6) is 2.67. The van der Waals surface area contributed by atoms with E-state index in [1.807, 2.05) is 70.1 Å². The first-order valence-corrected chi connectivity index (χ1v) is 13.3. The predicted octanol–water partition coefficient (Wildman–Crippen LogP) is 4.74. The zero-order valence-electron chi connectivity index (χ0n) is 20.0. The molecule has 5 rings (SSSR count). The van der Waals surface area contributed by atoms with Gasteiger partial charge in [-0.2, -0.15) is 11.8 Å². The highest BCUT2D eigenvalue weighted by molar-refractivity contribution is 7.99. The highest BCUT2D eigenvalue weighted by Crippen LogP contribution is 2.38. The smallest absolute Gasteiger partial charge is 0.260 e. The van der Waals surface area contributed by atoms with Crippen molar-refractivity contribution in [2.45, 2.75) is 19.4 Å². The largest absolute Gasteiger partial charge is 0.484 e. The number of hydrogen-bond acceptors (Lipinski definition) is 4. The summed E-state index contributed by atoms with van der Waals surface area (Å²) in [7, 11) is 0. The Hall–Kier alpha value is -3.25. The van der Waals surface area contributed by atoms with Crippen molar-refractivity contribution in [2.75, 3.05) is 37.7 Å². The van der Waals surface area contributed by atoms with Crippen molar-refractivity contribution >= 4 is 23.6 Å². The third kappa shape index (κ3) is 5.22. The zero-order valence-corrected chi connectivity index (χ0v) is 20.8. The van der Waals surface area contributed by atoms with Gasteiger partial charge in [0, 0.05) is 36.7 Å². The standard InChI is InChI=1S/C29H30N2O3S/c1-21-6-5-9-24(18-21)28-26-19-25(34-20-27(32)30-14-16-35-17-15-30)11-10-22(26)12-13-31(28)29(33)23-7-3-2-4-8-23/h2-11,18-19,28H,12-17,20H2,1H3/t28-/m1/s1. The Balaban J connectivity index is 1.45. The Morgan fingerprint density at radius 2 is 1.74 bits per heavy atom. The van der Waals surface area contributed by atoms with Crippen LogP contribution in [0.1, 0.15) is 38.7 Å². The second-order valence-electron chi connectivity index (χ2n) is 9.07. The molecule has 6 heteroatoms. The van der Waals surface area contributed by atoms with Crippen LogP contribution in [-0.2, 0) is 11.2 Å². The van der Waals surface area contributed by atoms with Crippen molar-refractivity contribution in [3.63, 3.8) is 0 Å². The summed E-state index contributed by atoms with van der Waals surface area (Å²) in [4.78, 5) is 30.1. The first-order chi connectivity index (χ1) is 17.1. The number of nitrogens with zero attached hydrogens (tertiary/aromatic N) is 2. The van der Waals surface area contributed by atoms with E-state index in [1.54, 1.807) is 0 Å². The first-order valence-electron chi connectivity index (χ1n) is 12.1. The van der Waals surface area contributed by atoms with Gasteiger partial charge in [-0.3, -0.25) is 9.59 Å². The Labute approximate surface area is 211 Å². The maximum atomic E-state index is 13.6. The van der Waals surface area contributed by atoms with Gasteiger partial charge in [-0.05, 0) is 54.3 Å². The summed E-state index contributed by atoms with van der Waals surface area (Å²) < 4.78 is 5.97. The van der Waals surface area contributed by atoms with Gasteiger partial charge in [0.2, 0.25) is 0 Å². The SMILES string of the molecule is Cc1cccc([C@@H]2c3cc(OCC(=O)N4CCSCC4)ccc3CCN2C(=O)c2ccccc2)c1. The Bertz CT molecular complexity index is 1210. The number of hydrogen-bond donors (Lipinski definition) is 0. The van der Waals surface area contributed by atoms with Crippen LogP contribution in [0.15, 0.2) is 72.8 Å². The number of fused-ring (bicyclic) bond motifs is 1. The van der Waals surface area contributed by atoms with Gasteiger partial charge in [-0.15, -0.1) is 0 Å². The average molecular weight is 487 g/mol. The van der Waals surface area contributed by atoms with Gasteiger partial charge in [-0.1, -0.05) is 54.1 Å². The minimum atomic E-state index is -0.218. The lowest BCUT2D eigenvalue weighted by atomic mass is 9.87. The second-order valence-corrected chi connectivity index (χ2v) is 10.3. The van der Waals surface area contributed by atoms with E-state index in [2.05, 4.69) is 31.2 Å². The molecule has 0 aromatic heterocycles.